The van der Waals surface area contributed by atoms with E-state index in [9.17, 15) is 4.79 Å². The lowest BCUT2D eigenvalue weighted by Crippen LogP contribution is -2.11. The van der Waals surface area contributed by atoms with Crippen molar-refractivity contribution in [3.8, 4) is 0 Å². The molecule has 0 aromatic heterocycles. The third-order valence-electron chi connectivity index (χ3n) is 2.78. The minimum absolute atomic E-state index is 0.0227. The van der Waals surface area contributed by atoms with E-state index in [0.717, 1.165) is 5.69 Å². The van der Waals surface area contributed by atoms with Crippen molar-refractivity contribution in [3.05, 3.63) is 42.0 Å². The van der Waals surface area contributed by atoms with Gasteiger partial charge in [-0.2, -0.15) is 0 Å². The highest BCUT2D eigenvalue weighted by molar-refractivity contribution is 6.53. The van der Waals surface area contributed by atoms with Gasteiger partial charge in [0.05, 0.1) is 5.69 Å². The molecule has 0 radical (unpaired) electrons. The zero-order valence-corrected chi connectivity index (χ0v) is 9.87. The first-order chi connectivity index (χ1) is 7.43. The van der Waals surface area contributed by atoms with E-state index in [-0.39, 0.29) is 11.2 Å². The van der Waals surface area contributed by atoms with E-state index < -0.39 is 0 Å². The quantitative estimate of drug-likeness (QED) is 0.702. The fraction of sp³-hybridized carbons (Fsp3) is 0.286. The first kappa shape index (κ1) is 10.8. The molecule has 0 aliphatic carbocycles. The van der Waals surface area contributed by atoms with Crippen LogP contribution in [0, 0.1) is 0 Å². The highest BCUT2D eigenvalue weighted by Gasteiger charge is 2.24. The van der Waals surface area contributed by atoms with Crippen LogP contribution in [0.25, 0.3) is 0 Å². The molecule has 1 aromatic carbocycles. The number of carbonyl (C=O) groups excluding carboxylic acids is 1. The second kappa shape index (κ2) is 3.41. The highest BCUT2D eigenvalue weighted by Crippen LogP contribution is 2.32. The summed E-state index contributed by atoms with van der Waals surface area (Å²) in [7, 11) is 0. The van der Waals surface area contributed by atoms with Crippen LogP contribution in [-0.4, -0.2) is 11.5 Å². The fourth-order valence-electron chi connectivity index (χ4n) is 1.74. The molecule has 0 saturated heterocycles. The largest absolute Gasteiger partial charge is 0.287 e. The predicted octanol–water partition coefficient (Wildman–Crippen LogP) is 3.44. The summed E-state index contributed by atoms with van der Waals surface area (Å²) in [5.74, 6) is -0.0227. The summed E-state index contributed by atoms with van der Waals surface area (Å²) in [5.41, 5.74) is 3.16. The molecule has 2 nitrogen and oxygen atoms in total. The third kappa shape index (κ3) is 1.60. The van der Waals surface area contributed by atoms with Gasteiger partial charge in [-0.25, -0.2) is 4.99 Å². The molecular formula is C14H15NO. The summed E-state index contributed by atoms with van der Waals surface area (Å²) >= 11 is 0. The summed E-state index contributed by atoms with van der Waals surface area (Å²) in [6.07, 6.45) is 1.51. The van der Waals surface area contributed by atoms with Crippen LogP contribution in [-0.2, 0) is 5.41 Å². The van der Waals surface area contributed by atoms with Crippen molar-refractivity contribution in [2.45, 2.75) is 26.2 Å². The summed E-state index contributed by atoms with van der Waals surface area (Å²) in [6, 6.07) is 5.85. The lowest BCUT2D eigenvalue weighted by molar-refractivity contribution is 0.107. The van der Waals surface area contributed by atoms with E-state index in [2.05, 4.69) is 32.3 Å². The molecule has 1 aliphatic heterocycles. The average Bonchev–Trinajstić information content (AvgIpc) is 2.54. The van der Waals surface area contributed by atoms with Crippen LogP contribution >= 0.6 is 0 Å². The molecule has 0 unspecified atom stereocenters. The number of fused-ring (bicyclic) bond motifs is 1. The predicted molar refractivity (Wildman–Crippen MR) is 66.8 cm³/mol. The molecule has 2 rings (SSSR count). The van der Waals surface area contributed by atoms with Crippen molar-refractivity contribution >= 4 is 17.2 Å². The van der Waals surface area contributed by atoms with Crippen molar-refractivity contribution in [1.82, 2.24) is 0 Å². The molecule has 0 fully saturated rings. The van der Waals surface area contributed by atoms with Gasteiger partial charge in [0.15, 0.2) is 0 Å². The van der Waals surface area contributed by atoms with Crippen LogP contribution in [0.5, 0.6) is 0 Å². The summed E-state index contributed by atoms with van der Waals surface area (Å²) < 4.78 is 0. The van der Waals surface area contributed by atoms with Gasteiger partial charge in [0.25, 0.3) is 0 Å². The van der Waals surface area contributed by atoms with E-state index in [1.54, 1.807) is 0 Å². The summed E-state index contributed by atoms with van der Waals surface area (Å²) in [4.78, 5) is 16.1. The molecule has 0 saturated carbocycles. The van der Waals surface area contributed by atoms with Crippen LogP contribution in [0.15, 0.2) is 35.8 Å². The monoisotopic (exact) mass is 213 g/mol. The first-order valence-electron chi connectivity index (χ1n) is 5.34. The second-order valence-electron chi connectivity index (χ2n) is 5.01. The number of rotatable bonds is 1. The number of aliphatic imine (C=N–C) groups is 1. The van der Waals surface area contributed by atoms with Gasteiger partial charge >= 0.3 is 0 Å². The minimum Gasteiger partial charge on any atom is -0.287 e. The zero-order valence-electron chi connectivity index (χ0n) is 9.87. The number of hydrogen-bond acceptors (Lipinski definition) is 2. The number of nitrogens with zero attached hydrogens (tertiary/aromatic N) is 1. The molecule has 0 N–H and O–H groups in total. The van der Waals surface area contributed by atoms with Crippen molar-refractivity contribution in [3.63, 3.8) is 0 Å². The molecule has 0 spiro atoms. The Balaban J connectivity index is 2.54. The molecule has 0 atom stereocenters. The van der Waals surface area contributed by atoms with E-state index in [4.69, 9.17) is 0 Å². The SMILES string of the molecule is C=CC1=Nc2cc(C(C)(C)C)ccc2C1=O. The smallest absolute Gasteiger partial charge is 0.213 e. The molecule has 2 heteroatoms. The zero-order chi connectivity index (χ0) is 11.9. The number of benzene rings is 1. The average molecular weight is 213 g/mol. The summed E-state index contributed by atoms with van der Waals surface area (Å²) in [6.45, 7) is 10.0. The Morgan fingerprint density at radius 1 is 1.31 bits per heavy atom. The fourth-order valence-corrected chi connectivity index (χ4v) is 1.74. The Labute approximate surface area is 95.7 Å². The first-order valence-corrected chi connectivity index (χ1v) is 5.34. The molecule has 1 aliphatic rings. The van der Waals surface area contributed by atoms with Crippen LogP contribution in [0.2, 0.25) is 0 Å². The third-order valence-corrected chi connectivity index (χ3v) is 2.78. The Morgan fingerprint density at radius 3 is 2.56 bits per heavy atom. The molecule has 82 valence electrons. The van der Waals surface area contributed by atoms with Gasteiger partial charge in [0.2, 0.25) is 5.78 Å². The van der Waals surface area contributed by atoms with E-state index in [1.165, 1.54) is 11.6 Å². The number of allylic oxidation sites excluding steroid dienone is 1. The Hall–Kier alpha value is -1.70. The Morgan fingerprint density at radius 2 is 2.00 bits per heavy atom. The van der Waals surface area contributed by atoms with Crippen molar-refractivity contribution in [2.24, 2.45) is 4.99 Å². The highest BCUT2D eigenvalue weighted by atomic mass is 16.1. The van der Waals surface area contributed by atoms with Gasteiger partial charge in [-0.3, -0.25) is 4.79 Å². The van der Waals surface area contributed by atoms with Crippen LogP contribution in [0.3, 0.4) is 0 Å². The molecule has 1 aromatic rings. The van der Waals surface area contributed by atoms with Gasteiger partial charge < -0.3 is 0 Å². The van der Waals surface area contributed by atoms with Crippen molar-refractivity contribution in [1.29, 1.82) is 0 Å². The second-order valence-corrected chi connectivity index (χ2v) is 5.01. The topological polar surface area (TPSA) is 29.4 Å². The maximum atomic E-state index is 11.8. The number of Topliss-reactive ketones (excluding diaryl/α,β-unsaturated/α-hetero) is 1. The van der Waals surface area contributed by atoms with Gasteiger partial charge in [-0.1, -0.05) is 33.4 Å². The minimum atomic E-state index is -0.0227. The van der Waals surface area contributed by atoms with Crippen molar-refractivity contribution in [2.75, 3.05) is 0 Å². The van der Waals surface area contributed by atoms with Crippen LogP contribution < -0.4 is 0 Å². The summed E-state index contributed by atoms with van der Waals surface area (Å²) in [5, 5.41) is 0. The van der Waals surface area contributed by atoms with E-state index in [0.29, 0.717) is 11.3 Å². The normalized spacial score (nSPS) is 14.7. The van der Waals surface area contributed by atoms with E-state index >= 15 is 0 Å². The molecule has 16 heavy (non-hydrogen) atoms. The van der Waals surface area contributed by atoms with Crippen LogP contribution in [0.1, 0.15) is 36.7 Å². The lowest BCUT2D eigenvalue weighted by Gasteiger charge is -2.19. The Bertz CT molecular complexity index is 504. The molecule has 0 amide bonds. The van der Waals surface area contributed by atoms with Gasteiger partial charge in [0.1, 0.15) is 5.71 Å². The van der Waals surface area contributed by atoms with Gasteiger partial charge in [-0.15, -0.1) is 0 Å². The standard InChI is InChI=1S/C14H15NO/c1-5-11-13(16)10-7-6-9(14(2,3)4)8-12(10)15-11/h5-8H,1H2,2-4H3. The molecule has 1 heterocycles. The van der Waals surface area contributed by atoms with Gasteiger partial charge in [0, 0.05) is 5.56 Å². The molecule has 0 bridgehead atoms. The van der Waals surface area contributed by atoms with Crippen molar-refractivity contribution < 1.29 is 4.79 Å². The van der Waals surface area contributed by atoms with E-state index in [1.807, 2.05) is 18.2 Å². The Kier molecular flexibility index (Phi) is 2.30. The number of carbonyl (C=O) groups is 1. The van der Waals surface area contributed by atoms with Gasteiger partial charge in [-0.05, 0) is 29.2 Å². The maximum absolute atomic E-state index is 11.8. The number of hydrogen-bond donors (Lipinski definition) is 0. The maximum Gasteiger partial charge on any atom is 0.213 e. The molecular weight excluding hydrogens is 198 g/mol. The lowest BCUT2D eigenvalue weighted by atomic mass is 9.86. The van der Waals surface area contributed by atoms with Crippen LogP contribution in [0.4, 0.5) is 5.69 Å². The number of ketones is 1.